The van der Waals surface area contributed by atoms with Crippen molar-refractivity contribution in [3.05, 3.63) is 59.7 Å². The standard InChI is InChI=1S/C30H37N3O8/c1-30(2,3)40-28(37)31-17-9-8-15-25(27(36)41-33-26(35)16-10-18-34)32-29(38)39-19-24-22-13-6-4-11-20(22)21-12-5-7-14-23(21)24/h4-7,11-14,18,24-25H,8-10,15-17,19H2,1-3H3,(H,31,37)(H,32,38)(H,33,35). The van der Waals surface area contributed by atoms with Gasteiger partial charge >= 0.3 is 18.2 Å². The van der Waals surface area contributed by atoms with Gasteiger partial charge in [0.1, 0.15) is 24.5 Å². The molecule has 0 radical (unpaired) electrons. The van der Waals surface area contributed by atoms with Gasteiger partial charge < -0.3 is 29.7 Å². The van der Waals surface area contributed by atoms with Crippen LogP contribution < -0.4 is 16.1 Å². The lowest BCUT2D eigenvalue weighted by Crippen LogP contribution is -2.44. The van der Waals surface area contributed by atoms with Crippen LogP contribution in [0.1, 0.15) is 69.9 Å². The summed E-state index contributed by atoms with van der Waals surface area (Å²) in [6.07, 6.45) is 0.125. The lowest BCUT2D eigenvalue weighted by Gasteiger charge is -2.20. The smallest absolute Gasteiger partial charge is 0.407 e. The second-order valence-electron chi connectivity index (χ2n) is 10.6. The van der Waals surface area contributed by atoms with Crippen LogP contribution >= 0.6 is 0 Å². The van der Waals surface area contributed by atoms with Crippen LogP contribution in [0.25, 0.3) is 11.1 Å². The first kappa shape index (κ1) is 31.1. The molecular weight excluding hydrogens is 530 g/mol. The fraction of sp³-hybridized carbons (Fsp3) is 0.433. The van der Waals surface area contributed by atoms with Crippen LogP contribution in [-0.2, 0) is 28.7 Å². The van der Waals surface area contributed by atoms with E-state index in [1.165, 1.54) is 0 Å². The summed E-state index contributed by atoms with van der Waals surface area (Å²) < 4.78 is 10.7. The Morgan fingerprint density at radius 1 is 0.927 bits per heavy atom. The first-order valence-corrected chi connectivity index (χ1v) is 13.6. The van der Waals surface area contributed by atoms with Crippen LogP contribution in [0.5, 0.6) is 0 Å². The number of hydroxylamine groups is 1. The quantitative estimate of drug-likeness (QED) is 0.150. The highest BCUT2D eigenvalue weighted by molar-refractivity contribution is 5.84. The van der Waals surface area contributed by atoms with Crippen molar-refractivity contribution < 1.29 is 38.3 Å². The molecule has 1 aliphatic carbocycles. The third-order valence-electron chi connectivity index (χ3n) is 6.26. The van der Waals surface area contributed by atoms with Crippen molar-refractivity contribution in [1.82, 2.24) is 16.1 Å². The number of unbranched alkanes of at least 4 members (excludes halogenated alkanes) is 1. The molecule has 0 bridgehead atoms. The Balaban J connectivity index is 1.56. The van der Waals surface area contributed by atoms with Gasteiger partial charge in [0, 0.05) is 25.3 Å². The molecule has 1 aliphatic rings. The van der Waals surface area contributed by atoms with Crippen molar-refractivity contribution in [3.8, 4) is 11.1 Å². The number of carbonyl (C=O) groups is 5. The Hall–Kier alpha value is -4.41. The molecule has 2 aromatic rings. The van der Waals surface area contributed by atoms with E-state index < -0.39 is 35.7 Å². The molecule has 3 amide bonds. The summed E-state index contributed by atoms with van der Waals surface area (Å²) in [6, 6.07) is 14.7. The van der Waals surface area contributed by atoms with E-state index in [1.54, 1.807) is 20.8 Å². The molecule has 3 rings (SSSR count). The van der Waals surface area contributed by atoms with Crippen LogP contribution in [0.2, 0.25) is 0 Å². The van der Waals surface area contributed by atoms with E-state index in [-0.39, 0.29) is 31.8 Å². The Labute approximate surface area is 239 Å². The summed E-state index contributed by atoms with van der Waals surface area (Å²) in [6.45, 7) is 5.63. The number of carbonyl (C=O) groups excluding carboxylic acids is 5. The second kappa shape index (κ2) is 14.8. The number of hydrogen-bond donors (Lipinski definition) is 3. The monoisotopic (exact) mass is 567 g/mol. The van der Waals surface area contributed by atoms with Gasteiger partial charge in [-0.15, -0.1) is 0 Å². The van der Waals surface area contributed by atoms with Gasteiger partial charge in [0.15, 0.2) is 0 Å². The lowest BCUT2D eigenvalue weighted by atomic mass is 9.98. The van der Waals surface area contributed by atoms with E-state index in [0.29, 0.717) is 25.7 Å². The highest BCUT2D eigenvalue weighted by atomic mass is 16.7. The Kier molecular flexibility index (Phi) is 11.3. The van der Waals surface area contributed by atoms with Gasteiger partial charge in [0.05, 0.1) is 0 Å². The average Bonchev–Trinajstić information content (AvgIpc) is 3.25. The number of benzene rings is 2. The van der Waals surface area contributed by atoms with Crippen molar-refractivity contribution in [2.24, 2.45) is 0 Å². The number of aldehydes is 1. The second-order valence-corrected chi connectivity index (χ2v) is 10.6. The predicted octanol–water partition coefficient (Wildman–Crippen LogP) is 4.14. The number of ether oxygens (including phenoxy) is 2. The highest BCUT2D eigenvalue weighted by Crippen LogP contribution is 2.44. The Bertz CT molecular complexity index is 1190. The summed E-state index contributed by atoms with van der Waals surface area (Å²) >= 11 is 0. The minimum absolute atomic E-state index is 0.0184. The number of hydrogen-bond acceptors (Lipinski definition) is 8. The van der Waals surface area contributed by atoms with Gasteiger partial charge in [-0.05, 0) is 62.3 Å². The molecule has 41 heavy (non-hydrogen) atoms. The van der Waals surface area contributed by atoms with E-state index in [9.17, 15) is 24.0 Å². The number of fused-ring (bicyclic) bond motifs is 3. The molecule has 1 unspecified atom stereocenters. The minimum atomic E-state index is -1.13. The zero-order valence-electron chi connectivity index (χ0n) is 23.6. The number of rotatable bonds is 12. The molecule has 0 heterocycles. The van der Waals surface area contributed by atoms with Crippen LogP contribution in [-0.4, -0.2) is 55.1 Å². The van der Waals surface area contributed by atoms with Gasteiger partial charge in [0.25, 0.3) is 5.91 Å². The van der Waals surface area contributed by atoms with Crippen LogP contribution in [0.3, 0.4) is 0 Å². The Morgan fingerprint density at radius 3 is 2.17 bits per heavy atom. The zero-order valence-corrected chi connectivity index (χ0v) is 23.6. The molecule has 1 atom stereocenters. The predicted molar refractivity (Wildman–Crippen MR) is 150 cm³/mol. The van der Waals surface area contributed by atoms with Gasteiger partial charge in [-0.25, -0.2) is 14.4 Å². The number of alkyl carbamates (subject to hydrolysis) is 2. The highest BCUT2D eigenvalue weighted by Gasteiger charge is 2.30. The fourth-order valence-corrected chi connectivity index (χ4v) is 4.43. The first-order chi connectivity index (χ1) is 19.6. The first-order valence-electron chi connectivity index (χ1n) is 13.6. The maximum absolute atomic E-state index is 12.8. The molecule has 11 heteroatoms. The zero-order chi connectivity index (χ0) is 29.8. The fourth-order valence-electron chi connectivity index (χ4n) is 4.43. The molecule has 3 N–H and O–H groups in total. The topological polar surface area (TPSA) is 149 Å². The molecule has 0 aromatic heterocycles. The van der Waals surface area contributed by atoms with Crippen molar-refractivity contribution >= 4 is 30.3 Å². The van der Waals surface area contributed by atoms with Crippen LogP contribution in [0.4, 0.5) is 9.59 Å². The Morgan fingerprint density at radius 2 is 1.56 bits per heavy atom. The molecular formula is C30H37N3O8. The van der Waals surface area contributed by atoms with Crippen LogP contribution in [0, 0.1) is 0 Å². The van der Waals surface area contributed by atoms with E-state index >= 15 is 0 Å². The van der Waals surface area contributed by atoms with E-state index in [0.717, 1.165) is 22.3 Å². The molecule has 0 fully saturated rings. The van der Waals surface area contributed by atoms with Gasteiger partial charge in [-0.2, -0.15) is 5.48 Å². The summed E-state index contributed by atoms with van der Waals surface area (Å²) in [5.74, 6) is -1.69. The van der Waals surface area contributed by atoms with Gasteiger partial charge in [-0.1, -0.05) is 48.5 Å². The molecule has 0 saturated heterocycles. The average molecular weight is 568 g/mol. The van der Waals surface area contributed by atoms with Gasteiger partial charge in [-0.3, -0.25) is 4.79 Å². The number of amides is 3. The third kappa shape index (κ3) is 9.63. The molecule has 0 aliphatic heterocycles. The van der Waals surface area contributed by atoms with Crippen molar-refractivity contribution in [2.45, 2.75) is 70.4 Å². The maximum Gasteiger partial charge on any atom is 0.407 e. The molecule has 2 aromatic carbocycles. The molecule has 0 saturated carbocycles. The summed E-state index contributed by atoms with van der Waals surface area (Å²) in [7, 11) is 0. The van der Waals surface area contributed by atoms with Crippen LogP contribution in [0.15, 0.2) is 48.5 Å². The molecule has 11 nitrogen and oxygen atoms in total. The van der Waals surface area contributed by atoms with E-state index in [4.69, 9.17) is 14.3 Å². The van der Waals surface area contributed by atoms with Crippen molar-refractivity contribution in [1.29, 1.82) is 0 Å². The normalized spacial score (nSPS) is 12.8. The third-order valence-corrected chi connectivity index (χ3v) is 6.26. The lowest BCUT2D eigenvalue weighted by molar-refractivity contribution is -0.160. The molecule has 220 valence electrons. The summed E-state index contributed by atoms with van der Waals surface area (Å²) in [5.41, 5.74) is 5.64. The summed E-state index contributed by atoms with van der Waals surface area (Å²) in [5, 5.41) is 5.17. The van der Waals surface area contributed by atoms with E-state index in [2.05, 4.69) is 10.6 Å². The number of nitrogens with one attached hydrogen (secondary N) is 3. The SMILES string of the molecule is CC(C)(C)OC(=O)NCCCCC(NC(=O)OCC1c2ccccc2-c2ccccc21)C(=O)ONC(=O)CCC=O. The maximum atomic E-state index is 12.8. The van der Waals surface area contributed by atoms with Gasteiger partial charge in [0.2, 0.25) is 0 Å². The summed E-state index contributed by atoms with van der Waals surface area (Å²) in [4.78, 5) is 64.4. The van der Waals surface area contributed by atoms with Crippen molar-refractivity contribution in [3.63, 3.8) is 0 Å². The largest absolute Gasteiger partial charge is 0.449 e. The molecule has 0 spiro atoms. The van der Waals surface area contributed by atoms with Crippen molar-refractivity contribution in [2.75, 3.05) is 13.2 Å². The minimum Gasteiger partial charge on any atom is -0.449 e. The van der Waals surface area contributed by atoms with E-state index in [1.807, 2.05) is 54.0 Å².